The second kappa shape index (κ2) is 7.86. The number of hydrogen-bond acceptors (Lipinski definition) is 12. The van der Waals surface area contributed by atoms with E-state index in [1.807, 2.05) is 0 Å². The van der Waals surface area contributed by atoms with Gasteiger partial charge in [0.1, 0.15) is 0 Å². The standard InChI is InChI=1S/C26H10N4O8/c31-23-15-7-5-13(9-17(15)25(33)37-23)21-29-27-19(35-21)11-1-2-12(4-3-11)20-28-30-22(36-20)14-6-8-16-18(10-14)26(34)38-24(16)32/h1-10H. The monoisotopic (exact) mass is 506 g/mol. The Labute approximate surface area is 210 Å². The predicted octanol–water partition coefficient (Wildman–Crippen LogP) is 3.74. The van der Waals surface area contributed by atoms with E-state index in [4.69, 9.17) is 8.83 Å². The Bertz CT molecular complexity index is 1720. The number of cyclic esters (lactones) is 4. The fourth-order valence-corrected chi connectivity index (χ4v) is 4.11. The van der Waals surface area contributed by atoms with Crippen molar-refractivity contribution in [3.05, 3.63) is 82.9 Å². The maximum atomic E-state index is 11.8. The van der Waals surface area contributed by atoms with Crippen LogP contribution in [0, 0.1) is 0 Å². The molecule has 0 N–H and O–H groups in total. The van der Waals surface area contributed by atoms with E-state index < -0.39 is 23.9 Å². The Morgan fingerprint density at radius 2 is 0.711 bits per heavy atom. The van der Waals surface area contributed by atoms with Gasteiger partial charge in [-0.05, 0) is 60.7 Å². The minimum absolute atomic E-state index is 0.142. The Kier molecular flexibility index (Phi) is 4.45. The number of aromatic nitrogens is 4. The van der Waals surface area contributed by atoms with Crippen molar-refractivity contribution in [2.75, 3.05) is 0 Å². The SMILES string of the molecule is O=C1OC(=O)c2cc(-c3nnc(-c4ccc(-c5nnc(-c6ccc7c(c6)C(=O)OC7=O)o5)cc4)o3)ccc21. The highest BCUT2D eigenvalue weighted by Gasteiger charge is 2.31. The highest BCUT2D eigenvalue weighted by atomic mass is 16.6. The van der Waals surface area contributed by atoms with Crippen LogP contribution in [-0.4, -0.2) is 44.3 Å². The first kappa shape index (κ1) is 21.5. The van der Waals surface area contributed by atoms with Gasteiger partial charge in [0.05, 0.1) is 22.3 Å². The molecule has 0 unspecified atom stereocenters. The first-order valence-corrected chi connectivity index (χ1v) is 11.0. The first-order chi connectivity index (χ1) is 18.4. The van der Waals surface area contributed by atoms with Crippen molar-refractivity contribution < 1.29 is 37.5 Å². The van der Waals surface area contributed by atoms with Gasteiger partial charge in [0.25, 0.3) is 0 Å². The predicted molar refractivity (Wildman–Crippen MR) is 123 cm³/mol. The van der Waals surface area contributed by atoms with Gasteiger partial charge in [-0.25, -0.2) is 19.2 Å². The fourth-order valence-electron chi connectivity index (χ4n) is 4.11. The number of benzene rings is 3. The normalized spacial score (nSPS) is 13.9. The van der Waals surface area contributed by atoms with Crippen molar-refractivity contribution in [3.63, 3.8) is 0 Å². The Balaban J connectivity index is 1.13. The maximum Gasteiger partial charge on any atom is 0.346 e. The van der Waals surface area contributed by atoms with Crippen LogP contribution >= 0.6 is 0 Å². The summed E-state index contributed by atoms with van der Waals surface area (Å²) in [5.74, 6) is -2.02. The van der Waals surface area contributed by atoms with Gasteiger partial charge in [0.2, 0.25) is 23.6 Å². The van der Waals surface area contributed by atoms with Gasteiger partial charge >= 0.3 is 23.9 Å². The number of carbonyl (C=O) groups is 4. The molecule has 0 fully saturated rings. The number of ether oxygens (including phenoxy) is 2. The van der Waals surface area contributed by atoms with Gasteiger partial charge in [0, 0.05) is 22.3 Å². The summed E-state index contributed by atoms with van der Waals surface area (Å²) in [4.78, 5) is 46.9. The minimum Gasteiger partial charge on any atom is -0.416 e. The molecule has 0 bridgehead atoms. The number of nitrogens with zero attached hydrogens (tertiary/aromatic N) is 4. The van der Waals surface area contributed by atoms with Gasteiger partial charge in [0.15, 0.2) is 0 Å². The summed E-state index contributed by atoms with van der Waals surface area (Å²) in [7, 11) is 0. The molecule has 38 heavy (non-hydrogen) atoms. The van der Waals surface area contributed by atoms with Gasteiger partial charge in [-0.3, -0.25) is 0 Å². The number of esters is 4. The fraction of sp³-hybridized carbons (Fsp3) is 0. The van der Waals surface area contributed by atoms with Crippen molar-refractivity contribution in [1.82, 2.24) is 20.4 Å². The quantitative estimate of drug-likeness (QED) is 0.256. The summed E-state index contributed by atoms with van der Waals surface area (Å²) < 4.78 is 20.7. The molecule has 5 aromatic rings. The molecule has 0 amide bonds. The molecule has 0 atom stereocenters. The number of hydrogen-bond donors (Lipinski definition) is 0. The Morgan fingerprint density at radius 1 is 0.395 bits per heavy atom. The zero-order valence-corrected chi connectivity index (χ0v) is 18.8. The van der Waals surface area contributed by atoms with Crippen LogP contribution in [0.15, 0.2) is 69.5 Å². The van der Waals surface area contributed by atoms with Crippen molar-refractivity contribution in [2.45, 2.75) is 0 Å². The molecule has 2 aliphatic heterocycles. The van der Waals surface area contributed by atoms with E-state index in [2.05, 4.69) is 29.9 Å². The molecule has 12 heteroatoms. The molecule has 2 aliphatic rings. The third-order valence-electron chi connectivity index (χ3n) is 6.01. The molecule has 0 spiro atoms. The van der Waals surface area contributed by atoms with Crippen LogP contribution < -0.4 is 0 Å². The molecule has 0 radical (unpaired) electrons. The van der Waals surface area contributed by atoms with Crippen LogP contribution in [0.4, 0.5) is 0 Å². The minimum atomic E-state index is -0.722. The number of carbonyl (C=O) groups excluding carboxylic acids is 4. The van der Waals surface area contributed by atoms with Crippen molar-refractivity contribution in [3.8, 4) is 45.8 Å². The smallest absolute Gasteiger partial charge is 0.346 e. The van der Waals surface area contributed by atoms with Gasteiger partial charge in [-0.15, -0.1) is 20.4 Å². The zero-order valence-electron chi connectivity index (χ0n) is 18.8. The lowest BCUT2D eigenvalue weighted by atomic mass is 10.1. The van der Waals surface area contributed by atoms with E-state index in [0.29, 0.717) is 22.3 Å². The van der Waals surface area contributed by atoms with Crippen LogP contribution in [0.2, 0.25) is 0 Å². The first-order valence-electron chi connectivity index (χ1n) is 11.0. The third-order valence-corrected chi connectivity index (χ3v) is 6.01. The highest BCUT2D eigenvalue weighted by molar-refractivity contribution is 6.15. The molecule has 7 rings (SSSR count). The maximum absolute atomic E-state index is 11.8. The molecule has 0 saturated heterocycles. The molecular formula is C26H10N4O8. The average Bonchev–Trinajstić information content (AvgIpc) is 3.72. The Hall–Kier alpha value is -5.78. The second-order valence-corrected chi connectivity index (χ2v) is 8.28. The number of fused-ring (bicyclic) bond motifs is 2. The highest BCUT2D eigenvalue weighted by Crippen LogP contribution is 2.31. The van der Waals surface area contributed by atoms with Crippen LogP contribution in [0.1, 0.15) is 41.4 Å². The summed E-state index contributed by atoms with van der Waals surface area (Å²) in [5, 5.41) is 16.2. The van der Waals surface area contributed by atoms with Crippen LogP contribution in [0.3, 0.4) is 0 Å². The summed E-state index contributed by atoms with van der Waals surface area (Å²) in [6, 6.07) is 16.0. The molecular weight excluding hydrogens is 496 g/mol. The van der Waals surface area contributed by atoms with Crippen molar-refractivity contribution in [2.24, 2.45) is 0 Å². The molecule has 4 heterocycles. The second-order valence-electron chi connectivity index (χ2n) is 8.28. The summed E-state index contributed by atoms with van der Waals surface area (Å²) in [5.41, 5.74) is 2.82. The van der Waals surface area contributed by atoms with Gasteiger partial charge in [-0.1, -0.05) is 0 Å². The average molecular weight is 506 g/mol. The lowest BCUT2D eigenvalue weighted by Crippen LogP contribution is -1.96. The van der Waals surface area contributed by atoms with E-state index in [0.717, 1.165) is 0 Å². The van der Waals surface area contributed by atoms with Gasteiger partial charge in [-0.2, -0.15) is 0 Å². The van der Waals surface area contributed by atoms with E-state index >= 15 is 0 Å². The van der Waals surface area contributed by atoms with Gasteiger partial charge < -0.3 is 18.3 Å². The summed E-state index contributed by atoms with van der Waals surface area (Å²) in [6.07, 6.45) is 0. The van der Waals surface area contributed by atoms with E-state index in [-0.39, 0.29) is 45.8 Å². The molecule has 2 aromatic heterocycles. The summed E-state index contributed by atoms with van der Waals surface area (Å²) >= 11 is 0. The van der Waals surface area contributed by atoms with Crippen LogP contribution in [-0.2, 0) is 9.47 Å². The van der Waals surface area contributed by atoms with E-state index in [9.17, 15) is 19.2 Å². The lowest BCUT2D eigenvalue weighted by Gasteiger charge is -1.99. The Morgan fingerprint density at radius 3 is 1.11 bits per heavy atom. The van der Waals surface area contributed by atoms with Crippen LogP contribution in [0.25, 0.3) is 45.8 Å². The molecule has 182 valence electrons. The zero-order chi connectivity index (χ0) is 26.0. The van der Waals surface area contributed by atoms with E-state index in [1.165, 1.54) is 24.3 Å². The van der Waals surface area contributed by atoms with Crippen molar-refractivity contribution in [1.29, 1.82) is 0 Å². The topological polar surface area (TPSA) is 165 Å². The molecule has 0 saturated carbocycles. The third kappa shape index (κ3) is 3.32. The number of rotatable bonds is 4. The van der Waals surface area contributed by atoms with Crippen molar-refractivity contribution >= 4 is 23.9 Å². The molecule has 12 nitrogen and oxygen atoms in total. The summed E-state index contributed by atoms with van der Waals surface area (Å²) in [6.45, 7) is 0. The van der Waals surface area contributed by atoms with E-state index in [1.54, 1.807) is 36.4 Å². The molecule has 0 aliphatic carbocycles. The largest absolute Gasteiger partial charge is 0.416 e. The molecule has 3 aromatic carbocycles. The van der Waals surface area contributed by atoms with Crippen LogP contribution in [0.5, 0.6) is 0 Å². The lowest BCUT2D eigenvalue weighted by molar-refractivity contribution is 0.0425.